The molecular formula is C18H26O. The Morgan fingerprint density at radius 3 is 1.89 bits per heavy atom. The first-order valence-electron chi connectivity index (χ1n) is 6.46. The molecule has 0 amide bonds. The summed E-state index contributed by atoms with van der Waals surface area (Å²) in [5, 5.41) is 12.1. The van der Waals surface area contributed by atoms with E-state index in [0.717, 1.165) is 10.8 Å². The average molecular weight is 258 g/mol. The van der Waals surface area contributed by atoms with Crippen LogP contribution in [-0.2, 0) is 5.41 Å². The maximum Gasteiger partial charge on any atom is 0.123 e. The van der Waals surface area contributed by atoms with Gasteiger partial charge in [0.2, 0.25) is 0 Å². The summed E-state index contributed by atoms with van der Waals surface area (Å²) < 4.78 is 0. The lowest BCUT2D eigenvalue weighted by molar-refractivity contribution is 0.227. The summed E-state index contributed by atoms with van der Waals surface area (Å²) >= 11 is 0. The normalized spacial score (nSPS) is 12.3. The predicted octanol–water partition coefficient (Wildman–Crippen LogP) is 5.51. The Bertz CT molecular complexity index is 574. The minimum absolute atomic E-state index is 0. The lowest BCUT2D eigenvalue weighted by Gasteiger charge is -2.40. The molecule has 1 heteroatoms. The molecule has 0 atom stereocenters. The second-order valence-electron chi connectivity index (χ2n) is 6.55. The van der Waals surface area contributed by atoms with Crippen LogP contribution in [-0.4, -0.2) is 5.11 Å². The molecule has 1 N–H and O–H groups in total. The number of phenols is 1. The lowest BCUT2D eigenvalue weighted by Crippen LogP contribution is -2.34. The van der Waals surface area contributed by atoms with Gasteiger partial charge < -0.3 is 5.11 Å². The van der Waals surface area contributed by atoms with Gasteiger partial charge in [-0.05, 0) is 27.8 Å². The minimum Gasteiger partial charge on any atom is -0.507 e. The van der Waals surface area contributed by atoms with Crippen LogP contribution in [0.3, 0.4) is 0 Å². The molecule has 0 fully saturated rings. The number of fused-ring (bicyclic) bond motifs is 1. The van der Waals surface area contributed by atoms with Crippen LogP contribution in [0, 0.1) is 5.41 Å². The van der Waals surface area contributed by atoms with Crippen molar-refractivity contribution in [3.63, 3.8) is 0 Å². The molecule has 0 spiro atoms. The SMILES string of the molecule is C.CC(C)(C)C(C)(C)c1cccc2c(O)cccc12. The standard InChI is InChI=1S/C17H22O.CH4/c1-16(2,3)17(4,5)14-10-6-9-13-12(14)8-7-11-15(13)18;/h6-11,18H,1-5H3;1H4. The zero-order valence-corrected chi connectivity index (χ0v) is 11.9. The summed E-state index contributed by atoms with van der Waals surface area (Å²) in [5.41, 5.74) is 1.50. The van der Waals surface area contributed by atoms with E-state index in [4.69, 9.17) is 0 Å². The highest BCUT2D eigenvalue weighted by molar-refractivity contribution is 5.91. The molecule has 2 aromatic rings. The van der Waals surface area contributed by atoms with Crippen molar-refractivity contribution in [2.45, 2.75) is 47.5 Å². The van der Waals surface area contributed by atoms with Crippen LogP contribution in [0.4, 0.5) is 0 Å². The molecule has 2 rings (SSSR count). The van der Waals surface area contributed by atoms with E-state index in [1.165, 1.54) is 5.56 Å². The van der Waals surface area contributed by atoms with Crippen molar-refractivity contribution in [1.82, 2.24) is 0 Å². The second-order valence-corrected chi connectivity index (χ2v) is 6.55. The van der Waals surface area contributed by atoms with Gasteiger partial charge in [0.15, 0.2) is 0 Å². The van der Waals surface area contributed by atoms with Crippen molar-refractivity contribution in [2.24, 2.45) is 5.41 Å². The van der Waals surface area contributed by atoms with Gasteiger partial charge in [0, 0.05) is 5.39 Å². The van der Waals surface area contributed by atoms with Gasteiger partial charge in [-0.15, -0.1) is 0 Å². The first-order chi connectivity index (χ1) is 8.25. The van der Waals surface area contributed by atoms with Crippen molar-refractivity contribution in [3.8, 4) is 5.75 Å². The average Bonchev–Trinajstić information content (AvgIpc) is 2.27. The third-order valence-electron chi connectivity index (χ3n) is 4.45. The molecule has 0 saturated heterocycles. The first kappa shape index (κ1) is 15.6. The molecule has 0 unspecified atom stereocenters. The van der Waals surface area contributed by atoms with Crippen LogP contribution in [0.2, 0.25) is 0 Å². The van der Waals surface area contributed by atoms with Crippen molar-refractivity contribution < 1.29 is 5.11 Å². The number of benzene rings is 2. The van der Waals surface area contributed by atoms with E-state index in [1.807, 2.05) is 18.2 Å². The summed E-state index contributed by atoms with van der Waals surface area (Å²) in [6.07, 6.45) is 0. The third-order valence-corrected chi connectivity index (χ3v) is 4.45. The fraction of sp³-hybridized carbons (Fsp3) is 0.444. The molecular weight excluding hydrogens is 232 g/mol. The van der Waals surface area contributed by atoms with Crippen molar-refractivity contribution in [1.29, 1.82) is 0 Å². The van der Waals surface area contributed by atoms with Gasteiger partial charge in [-0.3, -0.25) is 0 Å². The van der Waals surface area contributed by atoms with Gasteiger partial charge in [0.1, 0.15) is 5.75 Å². The molecule has 0 aliphatic rings. The quantitative estimate of drug-likeness (QED) is 0.715. The Morgan fingerprint density at radius 1 is 0.789 bits per heavy atom. The molecule has 0 radical (unpaired) electrons. The summed E-state index contributed by atoms with van der Waals surface area (Å²) in [6, 6.07) is 11.9. The lowest BCUT2D eigenvalue weighted by atomic mass is 9.64. The van der Waals surface area contributed by atoms with Gasteiger partial charge in [0.25, 0.3) is 0 Å². The van der Waals surface area contributed by atoms with Gasteiger partial charge in [-0.1, -0.05) is 72.4 Å². The number of aromatic hydroxyl groups is 1. The number of rotatable bonds is 1. The summed E-state index contributed by atoms with van der Waals surface area (Å²) in [7, 11) is 0. The highest BCUT2D eigenvalue weighted by atomic mass is 16.3. The summed E-state index contributed by atoms with van der Waals surface area (Å²) in [6.45, 7) is 11.3. The van der Waals surface area contributed by atoms with Crippen LogP contribution < -0.4 is 0 Å². The maximum absolute atomic E-state index is 9.96. The topological polar surface area (TPSA) is 20.2 Å². The Morgan fingerprint density at radius 2 is 1.32 bits per heavy atom. The van der Waals surface area contributed by atoms with Gasteiger partial charge >= 0.3 is 0 Å². The zero-order chi connectivity index (χ0) is 13.6. The molecule has 0 aromatic heterocycles. The fourth-order valence-corrected chi connectivity index (χ4v) is 2.24. The Balaban J connectivity index is 0.00000180. The molecule has 0 bridgehead atoms. The first-order valence-corrected chi connectivity index (χ1v) is 6.46. The second kappa shape index (κ2) is 4.88. The van der Waals surface area contributed by atoms with Crippen molar-refractivity contribution in [2.75, 3.05) is 0 Å². The maximum atomic E-state index is 9.96. The monoisotopic (exact) mass is 258 g/mol. The van der Waals surface area contributed by atoms with E-state index in [9.17, 15) is 5.11 Å². The smallest absolute Gasteiger partial charge is 0.123 e. The number of hydrogen-bond donors (Lipinski definition) is 1. The van der Waals surface area contributed by atoms with E-state index in [-0.39, 0.29) is 18.3 Å². The number of phenolic OH excluding ortho intramolecular Hbond substituents is 1. The molecule has 0 aliphatic heterocycles. The van der Waals surface area contributed by atoms with E-state index < -0.39 is 0 Å². The van der Waals surface area contributed by atoms with E-state index in [0.29, 0.717) is 5.75 Å². The molecule has 0 saturated carbocycles. The Kier molecular flexibility index (Phi) is 4.00. The molecule has 0 heterocycles. The predicted molar refractivity (Wildman–Crippen MR) is 84.8 cm³/mol. The van der Waals surface area contributed by atoms with Crippen molar-refractivity contribution >= 4 is 10.8 Å². The van der Waals surface area contributed by atoms with E-state index in [1.54, 1.807) is 6.07 Å². The molecule has 2 aromatic carbocycles. The van der Waals surface area contributed by atoms with Gasteiger partial charge in [0.05, 0.1) is 0 Å². The van der Waals surface area contributed by atoms with E-state index >= 15 is 0 Å². The number of hydrogen-bond acceptors (Lipinski definition) is 1. The highest BCUT2D eigenvalue weighted by Crippen LogP contribution is 2.44. The Hall–Kier alpha value is -1.50. The van der Waals surface area contributed by atoms with Gasteiger partial charge in [-0.25, -0.2) is 0 Å². The van der Waals surface area contributed by atoms with Crippen LogP contribution in [0.25, 0.3) is 10.8 Å². The summed E-state index contributed by atoms with van der Waals surface area (Å²) in [4.78, 5) is 0. The minimum atomic E-state index is 0. The molecule has 19 heavy (non-hydrogen) atoms. The van der Waals surface area contributed by atoms with E-state index in [2.05, 4.69) is 46.8 Å². The van der Waals surface area contributed by atoms with Crippen LogP contribution in [0.5, 0.6) is 5.75 Å². The fourth-order valence-electron chi connectivity index (χ4n) is 2.24. The molecule has 1 nitrogen and oxygen atoms in total. The van der Waals surface area contributed by atoms with Crippen LogP contribution in [0.15, 0.2) is 36.4 Å². The zero-order valence-electron chi connectivity index (χ0n) is 11.9. The largest absolute Gasteiger partial charge is 0.507 e. The highest BCUT2D eigenvalue weighted by Gasteiger charge is 2.35. The Labute approximate surface area is 117 Å². The third kappa shape index (κ3) is 2.47. The summed E-state index contributed by atoms with van der Waals surface area (Å²) in [5.74, 6) is 0.360. The van der Waals surface area contributed by atoms with Gasteiger partial charge in [-0.2, -0.15) is 0 Å². The van der Waals surface area contributed by atoms with Crippen LogP contribution >= 0.6 is 0 Å². The van der Waals surface area contributed by atoms with Crippen LogP contribution in [0.1, 0.15) is 47.6 Å². The molecule has 0 aliphatic carbocycles. The van der Waals surface area contributed by atoms with Crippen molar-refractivity contribution in [3.05, 3.63) is 42.0 Å². The molecule has 104 valence electrons.